The Morgan fingerprint density at radius 2 is 1.70 bits per heavy atom. The van der Waals surface area contributed by atoms with Gasteiger partial charge in [-0.05, 0) is 35.2 Å². The van der Waals surface area contributed by atoms with Gasteiger partial charge in [0, 0.05) is 18.1 Å². The fraction of sp³-hybridized carbons (Fsp3) is 0.267. The minimum Gasteiger partial charge on any atom is -0.280 e. The predicted molar refractivity (Wildman–Crippen MR) is 80.2 cm³/mol. The lowest BCUT2D eigenvalue weighted by Crippen LogP contribution is -2.14. The molecule has 2 rings (SSSR count). The van der Waals surface area contributed by atoms with Gasteiger partial charge in [0.15, 0.2) is 0 Å². The van der Waals surface area contributed by atoms with Crippen LogP contribution in [0.4, 0.5) is 5.69 Å². The monoisotopic (exact) mass is 290 g/mol. The van der Waals surface area contributed by atoms with Crippen LogP contribution in [0.3, 0.4) is 0 Å². The topological polar surface area (TPSA) is 59.1 Å². The van der Waals surface area contributed by atoms with E-state index < -0.39 is 10.0 Å². The number of sulfonamides is 1. The van der Waals surface area contributed by atoms with E-state index in [1.165, 1.54) is 18.5 Å². The Balaban J connectivity index is 2.23. The fourth-order valence-electron chi connectivity index (χ4n) is 1.76. The van der Waals surface area contributed by atoms with Crippen LogP contribution in [0, 0.1) is 0 Å². The van der Waals surface area contributed by atoms with E-state index >= 15 is 0 Å². The smallest absolute Gasteiger partial charge is 0.263 e. The van der Waals surface area contributed by atoms with Gasteiger partial charge in [0.25, 0.3) is 10.0 Å². The highest BCUT2D eigenvalue weighted by Gasteiger charge is 2.16. The summed E-state index contributed by atoms with van der Waals surface area (Å²) in [5, 5.41) is 0. The Morgan fingerprint density at radius 1 is 1.05 bits per heavy atom. The van der Waals surface area contributed by atoms with Crippen molar-refractivity contribution in [2.24, 2.45) is 0 Å². The number of benzene rings is 1. The summed E-state index contributed by atoms with van der Waals surface area (Å²) in [7, 11) is -3.57. The highest BCUT2D eigenvalue weighted by Crippen LogP contribution is 2.24. The maximum absolute atomic E-state index is 12.1. The fourth-order valence-corrected chi connectivity index (χ4v) is 2.78. The van der Waals surface area contributed by atoms with Crippen molar-refractivity contribution in [2.45, 2.75) is 31.1 Å². The second-order valence-electron chi connectivity index (χ2n) is 5.62. The van der Waals surface area contributed by atoms with Crippen molar-refractivity contribution in [3.63, 3.8) is 0 Å². The average Bonchev–Trinajstić information content (AvgIpc) is 2.39. The van der Waals surface area contributed by atoms with Gasteiger partial charge in [-0.1, -0.05) is 32.9 Å². The van der Waals surface area contributed by atoms with E-state index in [1.807, 2.05) is 12.1 Å². The van der Waals surface area contributed by atoms with Gasteiger partial charge in [0.05, 0.1) is 0 Å². The van der Waals surface area contributed by atoms with Crippen molar-refractivity contribution < 1.29 is 8.42 Å². The number of rotatable bonds is 3. The SMILES string of the molecule is CC(C)(C)c1ccc(NS(=O)(=O)c2cccnc2)cc1. The molecule has 1 aromatic heterocycles. The van der Waals surface area contributed by atoms with Gasteiger partial charge in [-0.2, -0.15) is 0 Å². The molecule has 0 spiro atoms. The average molecular weight is 290 g/mol. The molecule has 0 saturated carbocycles. The van der Waals surface area contributed by atoms with E-state index in [-0.39, 0.29) is 10.3 Å². The van der Waals surface area contributed by atoms with Gasteiger partial charge >= 0.3 is 0 Å². The van der Waals surface area contributed by atoms with Crippen LogP contribution in [0.1, 0.15) is 26.3 Å². The first-order valence-corrected chi connectivity index (χ1v) is 7.81. The molecule has 5 heteroatoms. The third kappa shape index (κ3) is 3.36. The summed E-state index contributed by atoms with van der Waals surface area (Å²) in [5.41, 5.74) is 1.74. The van der Waals surface area contributed by atoms with Gasteiger partial charge < -0.3 is 0 Å². The number of anilines is 1. The first kappa shape index (κ1) is 14.5. The van der Waals surface area contributed by atoms with E-state index in [2.05, 4.69) is 30.5 Å². The normalized spacial score (nSPS) is 12.2. The maximum atomic E-state index is 12.1. The Kier molecular flexibility index (Phi) is 3.81. The summed E-state index contributed by atoms with van der Waals surface area (Å²) >= 11 is 0. The molecule has 1 heterocycles. The zero-order valence-corrected chi connectivity index (χ0v) is 12.6. The van der Waals surface area contributed by atoms with Crippen LogP contribution in [-0.4, -0.2) is 13.4 Å². The first-order valence-electron chi connectivity index (χ1n) is 6.32. The largest absolute Gasteiger partial charge is 0.280 e. The van der Waals surface area contributed by atoms with Crippen molar-refractivity contribution >= 4 is 15.7 Å². The molecule has 0 amide bonds. The van der Waals surface area contributed by atoms with Crippen LogP contribution in [0.2, 0.25) is 0 Å². The molecule has 20 heavy (non-hydrogen) atoms. The summed E-state index contributed by atoms with van der Waals surface area (Å²) in [6, 6.07) is 10.5. The Morgan fingerprint density at radius 3 is 2.20 bits per heavy atom. The lowest BCUT2D eigenvalue weighted by molar-refractivity contribution is 0.590. The van der Waals surface area contributed by atoms with Crippen molar-refractivity contribution in [3.8, 4) is 0 Å². The van der Waals surface area contributed by atoms with Crippen molar-refractivity contribution in [1.29, 1.82) is 0 Å². The summed E-state index contributed by atoms with van der Waals surface area (Å²) in [4.78, 5) is 3.97. The van der Waals surface area contributed by atoms with Gasteiger partial charge in [0.2, 0.25) is 0 Å². The van der Waals surface area contributed by atoms with E-state index in [9.17, 15) is 8.42 Å². The molecule has 106 valence electrons. The van der Waals surface area contributed by atoms with Crippen molar-refractivity contribution in [3.05, 3.63) is 54.4 Å². The first-order chi connectivity index (χ1) is 9.29. The molecule has 0 aliphatic heterocycles. The van der Waals surface area contributed by atoms with Crippen molar-refractivity contribution in [1.82, 2.24) is 4.98 Å². The molecule has 0 atom stereocenters. The summed E-state index contributed by atoms with van der Waals surface area (Å²) in [6.07, 6.45) is 2.86. The summed E-state index contributed by atoms with van der Waals surface area (Å²) in [5.74, 6) is 0. The third-order valence-electron chi connectivity index (χ3n) is 2.95. The van der Waals surface area contributed by atoms with Gasteiger partial charge in [-0.15, -0.1) is 0 Å². The summed E-state index contributed by atoms with van der Waals surface area (Å²) < 4.78 is 26.8. The quantitative estimate of drug-likeness (QED) is 0.944. The second kappa shape index (κ2) is 5.25. The maximum Gasteiger partial charge on any atom is 0.263 e. The molecule has 1 aromatic carbocycles. The molecular weight excluding hydrogens is 272 g/mol. The lowest BCUT2D eigenvalue weighted by atomic mass is 9.87. The Bertz CT molecular complexity index is 672. The van der Waals surface area contributed by atoms with E-state index in [0.29, 0.717) is 5.69 Å². The predicted octanol–water partition coefficient (Wildman–Crippen LogP) is 3.18. The van der Waals surface area contributed by atoms with Crippen LogP contribution in [0.25, 0.3) is 0 Å². The van der Waals surface area contributed by atoms with Crippen LogP contribution in [0.15, 0.2) is 53.7 Å². The van der Waals surface area contributed by atoms with Crippen molar-refractivity contribution in [2.75, 3.05) is 4.72 Å². The van der Waals surface area contributed by atoms with Crippen LogP contribution < -0.4 is 4.72 Å². The Hall–Kier alpha value is -1.88. The minimum atomic E-state index is -3.57. The molecule has 0 radical (unpaired) electrons. The molecule has 0 bridgehead atoms. The van der Waals surface area contributed by atoms with Crippen LogP contribution in [-0.2, 0) is 15.4 Å². The van der Waals surface area contributed by atoms with Gasteiger partial charge in [-0.25, -0.2) is 8.42 Å². The number of nitrogens with zero attached hydrogens (tertiary/aromatic N) is 1. The summed E-state index contributed by atoms with van der Waals surface area (Å²) in [6.45, 7) is 6.34. The second-order valence-corrected chi connectivity index (χ2v) is 7.30. The Labute approximate surface area is 119 Å². The highest BCUT2D eigenvalue weighted by atomic mass is 32.2. The standard InChI is InChI=1S/C15H18N2O2S/c1-15(2,3)12-6-8-13(9-7-12)17-20(18,19)14-5-4-10-16-11-14/h4-11,17H,1-3H3. The van der Waals surface area contributed by atoms with Crippen LogP contribution in [0.5, 0.6) is 0 Å². The lowest BCUT2D eigenvalue weighted by Gasteiger charge is -2.19. The van der Waals surface area contributed by atoms with E-state index in [4.69, 9.17) is 0 Å². The number of aromatic nitrogens is 1. The highest BCUT2D eigenvalue weighted by molar-refractivity contribution is 7.92. The molecule has 0 unspecified atom stereocenters. The molecule has 1 N–H and O–H groups in total. The van der Waals surface area contributed by atoms with E-state index in [1.54, 1.807) is 18.2 Å². The molecule has 0 aliphatic rings. The number of hydrogen-bond donors (Lipinski definition) is 1. The van der Waals surface area contributed by atoms with Gasteiger partial charge in [0.1, 0.15) is 4.90 Å². The number of nitrogens with one attached hydrogen (secondary N) is 1. The number of pyridine rings is 1. The third-order valence-corrected chi connectivity index (χ3v) is 4.31. The molecule has 0 fully saturated rings. The molecule has 0 saturated heterocycles. The molecule has 4 nitrogen and oxygen atoms in total. The minimum absolute atomic E-state index is 0.0424. The number of hydrogen-bond acceptors (Lipinski definition) is 3. The van der Waals surface area contributed by atoms with Gasteiger partial charge in [-0.3, -0.25) is 9.71 Å². The molecule has 0 aliphatic carbocycles. The zero-order valence-electron chi connectivity index (χ0n) is 11.8. The van der Waals surface area contributed by atoms with E-state index in [0.717, 1.165) is 5.56 Å². The molecular formula is C15H18N2O2S. The zero-order chi connectivity index (χ0) is 14.8. The van der Waals surface area contributed by atoms with Crippen LogP contribution >= 0.6 is 0 Å². The molecule has 2 aromatic rings.